The van der Waals surface area contributed by atoms with E-state index in [-0.39, 0.29) is 22.3 Å². The van der Waals surface area contributed by atoms with Gasteiger partial charge in [0.2, 0.25) is 0 Å². The monoisotopic (exact) mass is 381 g/mol. The molecule has 4 aromatic heterocycles. The maximum atomic E-state index is 13.3. The number of rotatable bonds is 4. The normalized spacial score (nSPS) is 11.1. The van der Waals surface area contributed by atoms with Crippen LogP contribution in [0, 0.1) is 6.92 Å². The minimum atomic E-state index is -2.69. The summed E-state index contributed by atoms with van der Waals surface area (Å²) in [5.74, 6) is 0.0859. The lowest BCUT2D eigenvalue weighted by Crippen LogP contribution is -2.23. The third kappa shape index (κ3) is 3.15. The number of pyridine rings is 1. The van der Waals surface area contributed by atoms with Crippen molar-refractivity contribution >= 4 is 16.8 Å². The molecule has 8 nitrogen and oxygen atoms in total. The Kier molecular flexibility index (Phi) is 4.44. The van der Waals surface area contributed by atoms with E-state index < -0.39 is 12.3 Å². The van der Waals surface area contributed by atoms with Crippen LogP contribution in [0.5, 0.6) is 0 Å². The van der Waals surface area contributed by atoms with Gasteiger partial charge in [-0.15, -0.1) is 0 Å². The number of amides is 1. The van der Waals surface area contributed by atoms with E-state index in [1.54, 1.807) is 31.5 Å². The first-order valence-corrected chi connectivity index (χ1v) is 8.20. The maximum absolute atomic E-state index is 13.3. The molecule has 4 aromatic rings. The first-order chi connectivity index (χ1) is 13.5. The summed E-state index contributed by atoms with van der Waals surface area (Å²) in [6, 6.07) is 3.21. The predicted molar refractivity (Wildman–Crippen MR) is 96.2 cm³/mol. The summed E-state index contributed by atoms with van der Waals surface area (Å²) in [5.41, 5.74) is 3.38. The maximum Gasteiger partial charge on any atom is 0.273 e. The minimum absolute atomic E-state index is 0.203. The number of fused-ring (bicyclic) bond motifs is 1. The van der Waals surface area contributed by atoms with E-state index in [9.17, 15) is 13.6 Å². The van der Waals surface area contributed by atoms with E-state index >= 15 is 0 Å². The van der Waals surface area contributed by atoms with E-state index in [1.807, 2.05) is 0 Å². The summed E-state index contributed by atoms with van der Waals surface area (Å²) >= 11 is 0. The van der Waals surface area contributed by atoms with Gasteiger partial charge in [0.05, 0.1) is 16.8 Å². The zero-order chi connectivity index (χ0) is 19.7. The number of nitrogens with one attached hydrogen (secondary N) is 1. The van der Waals surface area contributed by atoms with Gasteiger partial charge in [-0.1, -0.05) is 0 Å². The van der Waals surface area contributed by atoms with Crippen molar-refractivity contribution in [2.24, 2.45) is 0 Å². The van der Waals surface area contributed by atoms with Crippen LogP contribution < -0.4 is 5.43 Å². The second-order valence-corrected chi connectivity index (χ2v) is 5.85. The molecule has 0 saturated carbocycles. The van der Waals surface area contributed by atoms with Crippen molar-refractivity contribution < 1.29 is 13.6 Å². The van der Waals surface area contributed by atoms with Crippen molar-refractivity contribution in [3.63, 3.8) is 0 Å². The number of carbonyl (C=O) groups excluding carboxylic acids is 1. The van der Waals surface area contributed by atoms with E-state index in [0.717, 1.165) is 0 Å². The molecule has 0 aromatic carbocycles. The quantitative estimate of drug-likeness (QED) is 0.584. The Bertz CT molecular complexity index is 1160. The number of halogens is 2. The summed E-state index contributed by atoms with van der Waals surface area (Å²) in [6.07, 6.45) is 5.76. The van der Waals surface area contributed by atoms with E-state index in [0.29, 0.717) is 17.0 Å². The average Bonchev–Trinajstić information content (AvgIpc) is 3.07. The fourth-order valence-electron chi connectivity index (χ4n) is 2.75. The molecule has 28 heavy (non-hydrogen) atoms. The number of alkyl halides is 2. The first-order valence-electron chi connectivity index (χ1n) is 8.20. The van der Waals surface area contributed by atoms with E-state index in [2.05, 4.69) is 30.3 Å². The molecule has 0 radical (unpaired) electrons. The molecule has 0 unspecified atom stereocenters. The molecular weight excluding hydrogens is 368 g/mol. The topological polar surface area (TPSA) is 98.5 Å². The summed E-state index contributed by atoms with van der Waals surface area (Å²) in [7, 11) is 0. The van der Waals surface area contributed by atoms with Gasteiger partial charge in [-0.25, -0.2) is 28.7 Å². The Labute approximate surface area is 157 Å². The smallest absolute Gasteiger partial charge is 0.267 e. The third-order valence-corrected chi connectivity index (χ3v) is 4.08. The molecule has 0 fully saturated rings. The molecule has 10 heteroatoms. The van der Waals surface area contributed by atoms with E-state index in [4.69, 9.17) is 0 Å². The van der Waals surface area contributed by atoms with Crippen LogP contribution in [0.3, 0.4) is 0 Å². The molecule has 0 bridgehead atoms. The lowest BCUT2D eigenvalue weighted by Gasteiger charge is -2.10. The minimum Gasteiger partial charge on any atom is -0.267 e. The van der Waals surface area contributed by atoms with Crippen LogP contribution in [0.2, 0.25) is 0 Å². The van der Waals surface area contributed by atoms with Crippen molar-refractivity contribution in [2.45, 2.75) is 13.3 Å². The molecule has 0 aliphatic rings. The Morgan fingerprint density at radius 1 is 1.11 bits per heavy atom. The van der Waals surface area contributed by atoms with Gasteiger partial charge in [0.1, 0.15) is 0 Å². The van der Waals surface area contributed by atoms with E-state index in [1.165, 1.54) is 29.5 Å². The van der Waals surface area contributed by atoms with Crippen LogP contribution >= 0.6 is 0 Å². The molecule has 4 heterocycles. The van der Waals surface area contributed by atoms with Gasteiger partial charge in [-0.2, -0.15) is 0 Å². The number of nitrogens with zero attached hydrogens (tertiary/aromatic N) is 6. The highest BCUT2D eigenvalue weighted by Gasteiger charge is 2.19. The third-order valence-electron chi connectivity index (χ3n) is 4.08. The molecule has 1 amide bonds. The fraction of sp³-hybridized carbons (Fsp3) is 0.111. The summed E-state index contributed by atoms with van der Waals surface area (Å²) in [6.45, 7) is 1.64. The van der Waals surface area contributed by atoms with Crippen molar-refractivity contribution in [1.29, 1.82) is 0 Å². The van der Waals surface area contributed by atoms with Crippen LogP contribution in [0.1, 0.15) is 28.0 Å². The summed E-state index contributed by atoms with van der Waals surface area (Å²) in [4.78, 5) is 33.1. The Morgan fingerprint density at radius 3 is 2.61 bits per heavy atom. The number of hydrogen-bond donors (Lipinski definition) is 1. The van der Waals surface area contributed by atoms with Crippen LogP contribution in [-0.2, 0) is 0 Å². The van der Waals surface area contributed by atoms with Gasteiger partial charge < -0.3 is 0 Å². The molecular formula is C18H13F2N7O. The Balaban J connectivity index is 1.65. The Hall–Kier alpha value is -3.82. The molecule has 1 N–H and O–H groups in total. The zero-order valence-corrected chi connectivity index (χ0v) is 14.5. The van der Waals surface area contributed by atoms with Gasteiger partial charge >= 0.3 is 0 Å². The highest BCUT2D eigenvalue weighted by molar-refractivity contribution is 6.01. The van der Waals surface area contributed by atoms with Crippen LogP contribution in [0.4, 0.5) is 8.78 Å². The van der Waals surface area contributed by atoms with Gasteiger partial charge in [0, 0.05) is 48.1 Å². The number of aromatic nitrogens is 6. The standard InChI is InChI=1S/C18H13F2N7O/c1-10-11(8-24-17(25-10)16-22-4-2-5-23-16)18(28)26-27-9-13(15(19)20)12-7-21-6-3-14(12)27/h2-9,15H,1H3,(H,26,28). The number of aryl methyl sites for hydroxylation is 1. The van der Waals surface area contributed by atoms with Crippen LogP contribution in [0.15, 0.2) is 49.3 Å². The Morgan fingerprint density at radius 2 is 1.89 bits per heavy atom. The second-order valence-electron chi connectivity index (χ2n) is 5.85. The van der Waals surface area contributed by atoms with Gasteiger partial charge in [-0.3, -0.25) is 19.9 Å². The fourth-order valence-corrected chi connectivity index (χ4v) is 2.75. The number of carbonyl (C=O) groups is 1. The molecule has 0 aliphatic heterocycles. The van der Waals surface area contributed by atoms with Crippen LogP contribution in [0.25, 0.3) is 22.6 Å². The first kappa shape index (κ1) is 17.6. The van der Waals surface area contributed by atoms with Crippen molar-refractivity contribution in [2.75, 3.05) is 5.43 Å². The molecule has 0 aliphatic carbocycles. The largest absolute Gasteiger partial charge is 0.273 e. The SMILES string of the molecule is Cc1nc(-c2ncccn2)ncc1C(=O)Nn1cc(C(F)F)c2cnccc21. The van der Waals surface area contributed by atoms with Gasteiger partial charge in [-0.05, 0) is 19.1 Å². The molecule has 0 spiro atoms. The zero-order valence-electron chi connectivity index (χ0n) is 14.5. The summed E-state index contributed by atoms with van der Waals surface area (Å²) < 4.78 is 27.8. The second kappa shape index (κ2) is 7.06. The average molecular weight is 381 g/mol. The molecule has 140 valence electrons. The van der Waals surface area contributed by atoms with Crippen LogP contribution in [-0.4, -0.2) is 35.5 Å². The number of hydrogen-bond acceptors (Lipinski definition) is 6. The van der Waals surface area contributed by atoms with Crippen molar-refractivity contribution in [3.8, 4) is 11.6 Å². The molecule has 4 rings (SSSR count). The van der Waals surface area contributed by atoms with Gasteiger partial charge in [0.15, 0.2) is 11.6 Å². The van der Waals surface area contributed by atoms with Crippen molar-refractivity contribution in [3.05, 3.63) is 66.1 Å². The highest BCUT2D eigenvalue weighted by atomic mass is 19.3. The van der Waals surface area contributed by atoms with Gasteiger partial charge in [0.25, 0.3) is 12.3 Å². The molecule has 0 saturated heterocycles. The lowest BCUT2D eigenvalue weighted by atomic mass is 10.2. The predicted octanol–water partition coefficient (Wildman–Crippen LogP) is 2.91. The summed E-state index contributed by atoms with van der Waals surface area (Å²) in [5, 5.41) is 0.266. The van der Waals surface area contributed by atoms with Crippen molar-refractivity contribution in [1.82, 2.24) is 29.6 Å². The highest BCUT2D eigenvalue weighted by Crippen LogP contribution is 2.28. The lowest BCUT2D eigenvalue weighted by molar-refractivity contribution is 0.101. The molecule has 0 atom stereocenters.